The molecule has 1 aromatic heterocycles. The highest BCUT2D eigenvalue weighted by Gasteiger charge is 2.20. The van der Waals surface area contributed by atoms with Crippen molar-refractivity contribution in [2.24, 2.45) is 0 Å². The third-order valence-corrected chi connectivity index (χ3v) is 3.43. The molecule has 1 heterocycles. The molecule has 18 heavy (non-hydrogen) atoms. The summed E-state index contributed by atoms with van der Waals surface area (Å²) in [5.74, 6) is 0. The minimum atomic E-state index is 0. The van der Waals surface area contributed by atoms with E-state index in [4.69, 9.17) is 0 Å². The smallest absolute Gasteiger partial charge is 0.203 e. The molecule has 0 unspecified atom stereocenters. The third kappa shape index (κ3) is 2.78. The molecule has 1 aromatic carbocycles. The van der Waals surface area contributed by atoms with Gasteiger partial charge in [-0.25, -0.2) is 4.98 Å². The Morgan fingerprint density at radius 2 is 1.83 bits per heavy atom. The van der Waals surface area contributed by atoms with E-state index in [1.165, 1.54) is 36.2 Å². The van der Waals surface area contributed by atoms with E-state index < -0.39 is 0 Å². The summed E-state index contributed by atoms with van der Waals surface area (Å²) in [4.78, 5) is 4.50. The Balaban J connectivity index is 0.00000120. The fourth-order valence-electron chi connectivity index (χ4n) is 2.54. The first-order valence-corrected chi connectivity index (χ1v) is 6.33. The molecule has 2 aromatic rings. The highest BCUT2D eigenvalue weighted by molar-refractivity contribution is 5.14. The second-order valence-corrected chi connectivity index (χ2v) is 4.64. The maximum Gasteiger partial charge on any atom is 0.203 e. The Morgan fingerprint density at radius 1 is 1.06 bits per heavy atom. The quantitative estimate of drug-likeness (QED) is 0.671. The van der Waals surface area contributed by atoms with Gasteiger partial charge in [-0.1, -0.05) is 30.3 Å². The number of hydrogen-bond acceptors (Lipinski definition) is 1. The van der Waals surface area contributed by atoms with E-state index in [9.17, 15) is 0 Å². The summed E-state index contributed by atoms with van der Waals surface area (Å²) in [6.45, 7) is 0.964. The molecule has 1 aliphatic carbocycles. The second-order valence-electron chi connectivity index (χ2n) is 4.64. The number of halogens is 1. The molecule has 0 fully saturated rings. The lowest BCUT2D eigenvalue weighted by atomic mass is 10.00. The molecular weight excluding hydrogens is 288 g/mol. The van der Waals surface area contributed by atoms with Crippen LogP contribution in [0.2, 0.25) is 0 Å². The number of rotatable bonds is 2. The van der Waals surface area contributed by atoms with E-state index in [1.54, 1.807) is 0 Å². The van der Waals surface area contributed by atoms with Crippen molar-refractivity contribution in [3.8, 4) is 0 Å². The zero-order valence-electron chi connectivity index (χ0n) is 10.3. The molecule has 0 amide bonds. The van der Waals surface area contributed by atoms with Crippen LogP contribution in [-0.4, -0.2) is 4.98 Å². The molecule has 0 bridgehead atoms. The number of hydrogen-bond donors (Lipinski definition) is 0. The van der Waals surface area contributed by atoms with Gasteiger partial charge in [0.15, 0.2) is 12.7 Å². The first-order valence-electron chi connectivity index (χ1n) is 6.33. The maximum absolute atomic E-state index is 4.50. The lowest BCUT2D eigenvalue weighted by molar-refractivity contribution is -0.697. The van der Waals surface area contributed by atoms with Crippen LogP contribution < -0.4 is 21.5 Å². The molecule has 0 radical (unpaired) electrons. The van der Waals surface area contributed by atoms with Gasteiger partial charge < -0.3 is 17.0 Å². The predicted molar refractivity (Wildman–Crippen MR) is 66.6 cm³/mol. The van der Waals surface area contributed by atoms with Crippen molar-refractivity contribution in [2.45, 2.75) is 32.2 Å². The number of benzene rings is 1. The van der Waals surface area contributed by atoms with Crippen molar-refractivity contribution >= 4 is 0 Å². The molecule has 2 nitrogen and oxygen atoms in total. The highest BCUT2D eigenvalue weighted by atomic mass is 79.9. The maximum atomic E-state index is 4.50. The van der Waals surface area contributed by atoms with Crippen molar-refractivity contribution in [2.75, 3.05) is 0 Å². The Labute approximate surface area is 118 Å². The molecular formula is C15H17BrN2. The molecule has 0 saturated carbocycles. The summed E-state index contributed by atoms with van der Waals surface area (Å²) in [6.07, 6.45) is 8.95. The van der Waals surface area contributed by atoms with Gasteiger partial charge in [0.1, 0.15) is 5.69 Å². The van der Waals surface area contributed by atoms with Crippen LogP contribution in [0.1, 0.15) is 29.8 Å². The van der Waals surface area contributed by atoms with Crippen LogP contribution in [0, 0.1) is 0 Å². The minimum absolute atomic E-state index is 0. The molecule has 94 valence electrons. The number of aryl methyl sites for hydroxylation is 1. The first-order chi connectivity index (χ1) is 8.43. The van der Waals surface area contributed by atoms with Crippen LogP contribution in [0.4, 0.5) is 0 Å². The molecule has 3 rings (SSSR count). The van der Waals surface area contributed by atoms with Gasteiger partial charge in [-0.2, -0.15) is 4.57 Å². The average molecular weight is 305 g/mol. The van der Waals surface area contributed by atoms with Crippen molar-refractivity contribution in [1.82, 2.24) is 4.98 Å². The van der Waals surface area contributed by atoms with Crippen molar-refractivity contribution in [3.05, 3.63) is 59.7 Å². The molecule has 0 spiro atoms. The lowest BCUT2D eigenvalue weighted by Gasteiger charge is -2.12. The molecule has 0 N–H and O–H groups in total. The van der Waals surface area contributed by atoms with E-state index >= 15 is 0 Å². The van der Waals surface area contributed by atoms with Crippen LogP contribution in [0.3, 0.4) is 0 Å². The van der Waals surface area contributed by atoms with Gasteiger partial charge in [-0.15, -0.1) is 0 Å². The molecule has 1 aliphatic rings. The summed E-state index contributed by atoms with van der Waals surface area (Å²) >= 11 is 0. The van der Waals surface area contributed by atoms with Gasteiger partial charge in [0.05, 0.1) is 6.20 Å². The molecule has 0 aliphatic heterocycles. The highest BCUT2D eigenvalue weighted by Crippen LogP contribution is 2.15. The molecule has 3 heteroatoms. The van der Waals surface area contributed by atoms with Crippen LogP contribution in [0.15, 0.2) is 42.7 Å². The zero-order chi connectivity index (χ0) is 11.5. The summed E-state index contributed by atoms with van der Waals surface area (Å²) in [6, 6.07) is 10.6. The Hall–Kier alpha value is -1.22. The summed E-state index contributed by atoms with van der Waals surface area (Å²) < 4.78 is 2.36. The van der Waals surface area contributed by atoms with E-state index in [0.717, 1.165) is 13.0 Å². The van der Waals surface area contributed by atoms with E-state index in [1.807, 2.05) is 6.20 Å². The SMILES string of the molecule is [Br-].c1ccc(C[n+]2ccnc3c2CCCC3)cc1. The van der Waals surface area contributed by atoms with E-state index in [2.05, 4.69) is 46.1 Å². The summed E-state index contributed by atoms with van der Waals surface area (Å²) in [5.41, 5.74) is 4.09. The first kappa shape index (κ1) is 13.2. The van der Waals surface area contributed by atoms with Gasteiger partial charge in [0.25, 0.3) is 0 Å². The largest absolute Gasteiger partial charge is 1.00 e. The van der Waals surface area contributed by atoms with Crippen LogP contribution in [-0.2, 0) is 19.4 Å². The fraction of sp³-hybridized carbons (Fsp3) is 0.333. The van der Waals surface area contributed by atoms with Crippen LogP contribution in [0.5, 0.6) is 0 Å². The monoisotopic (exact) mass is 304 g/mol. The van der Waals surface area contributed by atoms with Gasteiger partial charge in [0, 0.05) is 12.0 Å². The molecule has 0 saturated heterocycles. The topological polar surface area (TPSA) is 16.8 Å². The van der Waals surface area contributed by atoms with E-state index in [0.29, 0.717) is 0 Å². The number of nitrogens with zero attached hydrogens (tertiary/aromatic N) is 2. The number of fused-ring (bicyclic) bond motifs is 1. The van der Waals surface area contributed by atoms with Gasteiger partial charge in [-0.3, -0.25) is 0 Å². The van der Waals surface area contributed by atoms with Crippen LogP contribution >= 0.6 is 0 Å². The Kier molecular flexibility index (Phi) is 4.48. The molecule has 0 atom stereocenters. The lowest BCUT2D eigenvalue weighted by Crippen LogP contribution is -3.00. The second kappa shape index (κ2) is 6.10. The van der Waals surface area contributed by atoms with Crippen molar-refractivity contribution in [1.29, 1.82) is 0 Å². The Bertz CT molecular complexity index is 511. The van der Waals surface area contributed by atoms with Crippen LogP contribution in [0.25, 0.3) is 0 Å². The zero-order valence-corrected chi connectivity index (χ0v) is 11.9. The normalized spacial score (nSPS) is 13.6. The predicted octanol–water partition coefficient (Wildman–Crippen LogP) is -0.700. The van der Waals surface area contributed by atoms with Crippen molar-refractivity contribution in [3.63, 3.8) is 0 Å². The summed E-state index contributed by atoms with van der Waals surface area (Å²) in [5, 5.41) is 0. The van der Waals surface area contributed by atoms with Gasteiger partial charge in [0.2, 0.25) is 5.69 Å². The Morgan fingerprint density at radius 3 is 2.67 bits per heavy atom. The third-order valence-electron chi connectivity index (χ3n) is 3.43. The number of aromatic nitrogens is 2. The van der Waals surface area contributed by atoms with Gasteiger partial charge in [-0.05, 0) is 19.3 Å². The summed E-state index contributed by atoms with van der Waals surface area (Å²) in [7, 11) is 0. The fourth-order valence-corrected chi connectivity index (χ4v) is 2.54. The van der Waals surface area contributed by atoms with Crippen molar-refractivity contribution < 1.29 is 21.5 Å². The average Bonchev–Trinajstić information content (AvgIpc) is 2.40. The van der Waals surface area contributed by atoms with Gasteiger partial charge >= 0.3 is 0 Å². The standard InChI is InChI=1S/C15H17N2.BrH/c1-2-6-13(7-3-1)12-17-11-10-16-14-8-4-5-9-15(14)17;/h1-3,6-7,10-11H,4-5,8-9,12H2;1H/q+1;/p-1. The van der Waals surface area contributed by atoms with E-state index in [-0.39, 0.29) is 17.0 Å². The minimum Gasteiger partial charge on any atom is -1.00 e.